The summed E-state index contributed by atoms with van der Waals surface area (Å²) in [4.78, 5) is 37.6. The molecule has 0 unspecified atom stereocenters. The molecule has 1 aromatic heterocycles. The first-order valence-corrected chi connectivity index (χ1v) is 9.99. The molecule has 0 aliphatic heterocycles. The highest BCUT2D eigenvalue weighted by Gasteiger charge is 2.12. The van der Waals surface area contributed by atoms with Gasteiger partial charge in [-0.15, -0.1) is 0 Å². The van der Waals surface area contributed by atoms with E-state index in [1.165, 1.54) is 38.5 Å². The summed E-state index contributed by atoms with van der Waals surface area (Å²) < 4.78 is 5.15. The van der Waals surface area contributed by atoms with Crippen molar-refractivity contribution < 1.29 is 29.3 Å². The molecule has 1 fully saturated rings. The summed E-state index contributed by atoms with van der Waals surface area (Å²) in [7, 11) is 0. The molecule has 0 radical (unpaired) electrons. The molecule has 162 valence electrons. The van der Waals surface area contributed by atoms with Crippen LogP contribution in [0.3, 0.4) is 0 Å². The number of aryl methyl sites for hydroxylation is 1. The van der Waals surface area contributed by atoms with Gasteiger partial charge in [0, 0.05) is 30.6 Å². The van der Waals surface area contributed by atoms with Gasteiger partial charge in [0.2, 0.25) is 0 Å². The van der Waals surface area contributed by atoms with E-state index in [4.69, 9.17) is 14.9 Å². The van der Waals surface area contributed by atoms with Crippen molar-refractivity contribution >= 4 is 18.0 Å². The van der Waals surface area contributed by atoms with Crippen LogP contribution in [0.25, 0.3) is 0 Å². The Bertz CT molecular complexity index is 608. The number of carbonyl (C=O) groups is 3. The Labute approximate surface area is 170 Å². The number of ether oxygens (including phenoxy) is 1. The predicted octanol–water partition coefficient (Wildman–Crippen LogP) is 3.14. The minimum absolute atomic E-state index is 0.289. The molecule has 0 atom stereocenters. The molecule has 0 spiro atoms. The molecule has 1 amide bonds. The zero-order valence-electron chi connectivity index (χ0n) is 16.6. The number of nitrogens with one attached hydrogen (secondary N) is 2. The first-order valence-electron chi connectivity index (χ1n) is 9.99. The standard InChI is InChI=1S/C16H27N3O2.C4H4O4/c20-16(21-11-5-9-15-12-17-13-19-15)18-10-4-8-14-6-2-1-3-7-14;5-3(6)1-2-4(7)8/h12-14H,1-11H2,(H,17,19)(H,18,20);1-2H,(H,5,6)(H,7,8)/b;2-1-. The van der Waals surface area contributed by atoms with Gasteiger partial charge in [-0.25, -0.2) is 19.4 Å². The monoisotopic (exact) mass is 409 g/mol. The fourth-order valence-electron chi connectivity index (χ4n) is 3.10. The molecule has 9 nitrogen and oxygen atoms in total. The SMILES string of the molecule is O=C(NCCCC1CCCCC1)OCCCc1cnc[nH]1.O=C(O)/C=C\C(=O)O. The number of aromatic nitrogens is 2. The summed E-state index contributed by atoms with van der Waals surface area (Å²) in [6.07, 6.45) is 15.2. The molecule has 0 saturated heterocycles. The van der Waals surface area contributed by atoms with E-state index in [1.54, 1.807) is 12.5 Å². The Morgan fingerprint density at radius 1 is 1.14 bits per heavy atom. The van der Waals surface area contributed by atoms with Gasteiger partial charge in [0.1, 0.15) is 0 Å². The lowest BCUT2D eigenvalue weighted by Gasteiger charge is -2.21. The van der Waals surface area contributed by atoms with Crippen molar-refractivity contribution in [2.24, 2.45) is 5.92 Å². The number of H-pyrrole nitrogens is 1. The smallest absolute Gasteiger partial charge is 0.407 e. The lowest BCUT2D eigenvalue weighted by Crippen LogP contribution is -2.26. The van der Waals surface area contributed by atoms with Gasteiger partial charge >= 0.3 is 18.0 Å². The third-order valence-electron chi connectivity index (χ3n) is 4.53. The number of aromatic amines is 1. The summed E-state index contributed by atoms with van der Waals surface area (Å²) in [5, 5.41) is 18.5. The molecule has 4 N–H and O–H groups in total. The quantitative estimate of drug-likeness (QED) is 0.343. The molecule has 1 saturated carbocycles. The van der Waals surface area contributed by atoms with Gasteiger partial charge in [-0.05, 0) is 31.6 Å². The van der Waals surface area contributed by atoms with Crippen molar-refractivity contribution in [1.29, 1.82) is 0 Å². The Balaban J connectivity index is 0.000000447. The van der Waals surface area contributed by atoms with E-state index < -0.39 is 11.9 Å². The lowest BCUT2D eigenvalue weighted by atomic mass is 9.86. The Morgan fingerprint density at radius 2 is 1.83 bits per heavy atom. The molecule has 1 aliphatic carbocycles. The summed E-state index contributed by atoms with van der Waals surface area (Å²) in [6.45, 7) is 1.18. The number of carboxylic acids is 2. The van der Waals surface area contributed by atoms with Gasteiger partial charge in [-0.3, -0.25) is 0 Å². The molecule has 9 heteroatoms. The molecule has 1 aliphatic rings. The largest absolute Gasteiger partial charge is 0.478 e. The van der Waals surface area contributed by atoms with Crippen molar-refractivity contribution in [2.75, 3.05) is 13.2 Å². The normalized spacial score (nSPS) is 14.1. The molecule has 2 rings (SSSR count). The van der Waals surface area contributed by atoms with Crippen LogP contribution in [0.2, 0.25) is 0 Å². The van der Waals surface area contributed by atoms with Crippen molar-refractivity contribution in [3.05, 3.63) is 30.4 Å². The van der Waals surface area contributed by atoms with Gasteiger partial charge < -0.3 is 25.3 Å². The molecular formula is C20H31N3O6. The molecular weight excluding hydrogens is 378 g/mol. The fraction of sp³-hybridized carbons (Fsp3) is 0.600. The molecule has 0 aromatic carbocycles. The minimum Gasteiger partial charge on any atom is -0.478 e. The first kappa shape index (κ1) is 24.2. The highest BCUT2D eigenvalue weighted by molar-refractivity contribution is 5.89. The molecule has 1 aromatic rings. The Hall–Kier alpha value is -2.84. The fourth-order valence-corrected chi connectivity index (χ4v) is 3.10. The van der Waals surface area contributed by atoms with Gasteiger partial charge in [0.15, 0.2) is 0 Å². The van der Waals surface area contributed by atoms with E-state index in [1.807, 2.05) is 0 Å². The number of carboxylic acid groups (broad SMARTS) is 2. The van der Waals surface area contributed by atoms with Crippen LogP contribution < -0.4 is 5.32 Å². The summed E-state index contributed by atoms with van der Waals surface area (Å²) in [5.74, 6) is -1.63. The van der Waals surface area contributed by atoms with Crippen LogP contribution in [0.15, 0.2) is 24.7 Å². The van der Waals surface area contributed by atoms with Crippen LogP contribution in [0.4, 0.5) is 4.79 Å². The summed E-state index contributed by atoms with van der Waals surface area (Å²) in [5.41, 5.74) is 1.08. The number of alkyl carbamates (subject to hydrolysis) is 1. The Kier molecular flexibility index (Phi) is 12.6. The van der Waals surface area contributed by atoms with Crippen LogP contribution in [-0.4, -0.2) is 51.4 Å². The van der Waals surface area contributed by atoms with Crippen LogP contribution in [0.1, 0.15) is 57.1 Å². The molecule has 0 bridgehead atoms. The average Bonchev–Trinajstić information content (AvgIpc) is 3.22. The number of carbonyl (C=O) groups excluding carboxylic acids is 1. The molecule has 29 heavy (non-hydrogen) atoms. The average molecular weight is 409 g/mol. The van der Waals surface area contributed by atoms with Crippen molar-refractivity contribution in [3.63, 3.8) is 0 Å². The predicted molar refractivity (Wildman–Crippen MR) is 106 cm³/mol. The van der Waals surface area contributed by atoms with Crippen LogP contribution in [0.5, 0.6) is 0 Å². The zero-order chi connectivity index (χ0) is 21.3. The van der Waals surface area contributed by atoms with Crippen molar-refractivity contribution in [2.45, 2.75) is 57.8 Å². The van der Waals surface area contributed by atoms with E-state index in [-0.39, 0.29) is 6.09 Å². The van der Waals surface area contributed by atoms with Crippen molar-refractivity contribution in [3.8, 4) is 0 Å². The maximum atomic E-state index is 11.5. The maximum absolute atomic E-state index is 11.5. The Morgan fingerprint density at radius 3 is 2.41 bits per heavy atom. The number of hydrogen-bond donors (Lipinski definition) is 4. The highest BCUT2D eigenvalue weighted by Crippen LogP contribution is 2.26. The second-order valence-electron chi connectivity index (χ2n) is 6.90. The number of aliphatic carboxylic acids is 2. The lowest BCUT2D eigenvalue weighted by molar-refractivity contribution is -0.134. The summed E-state index contributed by atoms with van der Waals surface area (Å²) >= 11 is 0. The first-order chi connectivity index (χ1) is 14.0. The van der Waals surface area contributed by atoms with E-state index in [9.17, 15) is 14.4 Å². The van der Waals surface area contributed by atoms with Gasteiger partial charge in [-0.2, -0.15) is 0 Å². The summed E-state index contributed by atoms with van der Waals surface area (Å²) in [6, 6.07) is 0. The number of rotatable bonds is 10. The van der Waals surface area contributed by atoms with E-state index >= 15 is 0 Å². The third kappa shape index (κ3) is 13.9. The van der Waals surface area contributed by atoms with E-state index in [0.717, 1.165) is 37.4 Å². The number of nitrogens with zero attached hydrogens (tertiary/aromatic N) is 1. The van der Waals surface area contributed by atoms with Gasteiger partial charge in [-0.1, -0.05) is 32.1 Å². The van der Waals surface area contributed by atoms with Crippen LogP contribution >= 0.6 is 0 Å². The number of amides is 1. The van der Waals surface area contributed by atoms with Gasteiger partial charge in [0.25, 0.3) is 0 Å². The third-order valence-corrected chi connectivity index (χ3v) is 4.53. The van der Waals surface area contributed by atoms with Crippen molar-refractivity contribution in [1.82, 2.24) is 15.3 Å². The second kappa shape index (κ2) is 15.1. The topological polar surface area (TPSA) is 142 Å². The number of imidazole rings is 1. The maximum Gasteiger partial charge on any atom is 0.407 e. The van der Waals surface area contributed by atoms with E-state index in [0.29, 0.717) is 18.8 Å². The van der Waals surface area contributed by atoms with E-state index in [2.05, 4.69) is 15.3 Å². The second-order valence-corrected chi connectivity index (χ2v) is 6.90. The minimum atomic E-state index is -1.26. The molecule has 1 heterocycles. The van der Waals surface area contributed by atoms with Gasteiger partial charge in [0.05, 0.1) is 12.9 Å². The zero-order valence-corrected chi connectivity index (χ0v) is 16.6. The van der Waals surface area contributed by atoms with Crippen LogP contribution in [-0.2, 0) is 20.7 Å². The number of hydrogen-bond acceptors (Lipinski definition) is 5. The highest BCUT2D eigenvalue weighted by atomic mass is 16.5. The van der Waals surface area contributed by atoms with Crippen LogP contribution in [0, 0.1) is 5.92 Å².